The summed E-state index contributed by atoms with van der Waals surface area (Å²) in [5.41, 5.74) is 5.79. The monoisotopic (exact) mass is 379 g/mol. The second-order valence-electron chi connectivity index (χ2n) is 6.83. The van der Waals surface area contributed by atoms with Crippen LogP contribution in [0.25, 0.3) is 5.76 Å². The molecule has 0 amide bonds. The standard InChI is InChI=1S/C23H22FNO3/c1-16-20(12-26)21-14-27-15-22(28-13-18-7-9-19(24)10-8-18)23(21)25(16)11-17-5-3-2-4-6-17/h2-10,15,26H,11-14H2,1H3. The highest BCUT2D eigenvalue weighted by molar-refractivity contribution is 5.64. The quantitative estimate of drug-likeness (QED) is 0.685. The Hall–Kier alpha value is -3.05. The number of ether oxygens (including phenoxy) is 2. The number of aromatic nitrogens is 1. The van der Waals surface area contributed by atoms with Gasteiger partial charge >= 0.3 is 0 Å². The first-order valence-electron chi connectivity index (χ1n) is 9.22. The molecule has 4 nitrogen and oxygen atoms in total. The van der Waals surface area contributed by atoms with Crippen molar-refractivity contribution in [3.05, 3.63) is 100 Å². The molecule has 0 fully saturated rings. The van der Waals surface area contributed by atoms with Gasteiger partial charge in [0.2, 0.25) is 0 Å². The Bertz CT molecular complexity index is 991. The Morgan fingerprint density at radius 1 is 1.07 bits per heavy atom. The summed E-state index contributed by atoms with van der Waals surface area (Å²) in [7, 11) is 0. The number of nitrogens with zero attached hydrogens (tertiary/aromatic N) is 1. The lowest BCUT2D eigenvalue weighted by atomic mass is 10.1. The van der Waals surface area contributed by atoms with Crippen LogP contribution in [0, 0.1) is 12.7 Å². The molecular formula is C23H22FNO3. The summed E-state index contributed by atoms with van der Waals surface area (Å²) in [4.78, 5) is 0. The normalized spacial score (nSPS) is 12.9. The van der Waals surface area contributed by atoms with Crippen molar-refractivity contribution in [2.24, 2.45) is 0 Å². The molecule has 2 aromatic carbocycles. The fraction of sp³-hybridized carbons (Fsp3) is 0.217. The van der Waals surface area contributed by atoms with E-state index in [0.717, 1.165) is 33.6 Å². The van der Waals surface area contributed by atoms with Crippen molar-refractivity contribution in [3.8, 4) is 0 Å². The smallest absolute Gasteiger partial charge is 0.178 e. The van der Waals surface area contributed by atoms with E-state index in [-0.39, 0.29) is 12.4 Å². The summed E-state index contributed by atoms with van der Waals surface area (Å²) in [6.45, 7) is 3.33. The molecule has 28 heavy (non-hydrogen) atoms. The van der Waals surface area contributed by atoms with Crippen molar-refractivity contribution >= 4 is 5.76 Å². The molecule has 1 N–H and O–H groups in total. The van der Waals surface area contributed by atoms with Gasteiger partial charge in [-0.15, -0.1) is 0 Å². The minimum absolute atomic E-state index is 0.0510. The number of hydrogen-bond acceptors (Lipinski definition) is 3. The Balaban J connectivity index is 1.67. The molecule has 0 saturated heterocycles. The first kappa shape index (κ1) is 18.3. The van der Waals surface area contributed by atoms with Crippen molar-refractivity contribution in [3.63, 3.8) is 0 Å². The molecule has 5 heteroatoms. The summed E-state index contributed by atoms with van der Waals surface area (Å²) in [5.74, 6) is 0.343. The van der Waals surface area contributed by atoms with E-state index in [1.165, 1.54) is 12.1 Å². The van der Waals surface area contributed by atoms with E-state index in [2.05, 4.69) is 16.7 Å². The maximum atomic E-state index is 13.1. The molecule has 0 saturated carbocycles. The van der Waals surface area contributed by atoms with Gasteiger partial charge in [0.25, 0.3) is 0 Å². The molecule has 1 aliphatic heterocycles. The summed E-state index contributed by atoms with van der Waals surface area (Å²) in [6.07, 6.45) is 1.62. The van der Waals surface area contributed by atoms with Crippen LogP contribution >= 0.6 is 0 Å². The summed E-state index contributed by atoms with van der Waals surface area (Å²) >= 11 is 0. The predicted molar refractivity (Wildman–Crippen MR) is 105 cm³/mol. The molecule has 0 unspecified atom stereocenters. The summed E-state index contributed by atoms with van der Waals surface area (Å²) in [5, 5.41) is 9.91. The van der Waals surface area contributed by atoms with Crippen LogP contribution in [0.5, 0.6) is 0 Å². The number of aliphatic hydroxyl groups is 1. The molecule has 4 rings (SSSR count). The zero-order valence-corrected chi connectivity index (χ0v) is 15.7. The zero-order chi connectivity index (χ0) is 19.5. The topological polar surface area (TPSA) is 43.6 Å². The predicted octanol–water partition coefficient (Wildman–Crippen LogP) is 4.52. The minimum atomic E-state index is -0.272. The van der Waals surface area contributed by atoms with E-state index in [4.69, 9.17) is 9.47 Å². The molecule has 0 bridgehead atoms. The first-order valence-corrected chi connectivity index (χ1v) is 9.22. The van der Waals surface area contributed by atoms with Crippen LogP contribution in [-0.2, 0) is 35.8 Å². The van der Waals surface area contributed by atoms with E-state index >= 15 is 0 Å². The molecule has 1 aromatic heterocycles. The fourth-order valence-electron chi connectivity index (χ4n) is 3.57. The largest absolute Gasteiger partial charge is 0.492 e. The SMILES string of the molecule is Cc1c(CO)c2c(n1Cc1ccccc1)C(OCc1ccc(F)cc1)=COC2. The molecule has 0 atom stereocenters. The zero-order valence-electron chi connectivity index (χ0n) is 15.7. The van der Waals surface area contributed by atoms with Gasteiger partial charge in [-0.05, 0) is 30.2 Å². The van der Waals surface area contributed by atoms with E-state index < -0.39 is 0 Å². The van der Waals surface area contributed by atoms with Crippen LogP contribution in [-0.4, -0.2) is 9.67 Å². The first-order chi connectivity index (χ1) is 13.7. The average Bonchev–Trinajstić information content (AvgIpc) is 3.00. The Labute approximate surface area is 163 Å². The van der Waals surface area contributed by atoms with E-state index in [1.54, 1.807) is 18.4 Å². The van der Waals surface area contributed by atoms with Gasteiger partial charge in [-0.3, -0.25) is 0 Å². The van der Waals surface area contributed by atoms with Gasteiger partial charge in [-0.25, -0.2) is 4.39 Å². The van der Waals surface area contributed by atoms with Gasteiger partial charge in [0.15, 0.2) is 5.76 Å². The van der Waals surface area contributed by atoms with Gasteiger partial charge in [-0.2, -0.15) is 0 Å². The molecule has 2 heterocycles. The maximum absolute atomic E-state index is 13.1. The summed E-state index contributed by atoms with van der Waals surface area (Å²) < 4.78 is 26.9. The Kier molecular flexibility index (Phi) is 5.17. The van der Waals surface area contributed by atoms with Crippen molar-refractivity contribution < 1.29 is 19.0 Å². The van der Waals surface area contributed by atoms with E-state index in [9.17, 15) is 9.50 Å². The second kappa shape index (κ2) is 7.90. The third kappa shape index (κ3) is 3.53. The van der Waals surface area contributed by atoms with Crippen LogP contribution in [0.15, 0.2) is 60.9 Å². The third-order valence-corrected chi connectivity index (χ3v) is 5.06. The van der Waals surface area contributed by atoms with E-state index in [0.29, 0.717) is 25.5 Å². The number of hydrogen-bond donors (Lipinski definition) is 1. The van der Waals surface area contributed by atoms with Gasteiger partial charge in [0.05, 0.1) is 12.3 Å². The Morgan fingerprint density at radius 2 is 1.82 bits per heavy atom. The third-order valence-electron chi connectivity index (χ3n) is 5.06. The highest BCUT2D eigenvalue weighted by Gasteiger charge is 2.27. The number of rotatable bonds is 6. The highest BCUT2D eigenvalue weighted by Crippen LogP contribution is 2.34. The van der Waals surface area contributed by atoms with Crippen molar-refractivity contribution in [2.45, 2.75) is 33.3 Å². The number of aliphatic hydroxyl groups excluding tert-OH is 1. The van der Waals surface area contributed by atoms with Crippen LogP contribution in [0.2, 0.25) is 0 Å². The van der Waals surface area contributed by atoms with Gasteiger partial charge in [-0.1, -0.05) is 42.5 Å². The molecule has 0 aliphatic carbocycles. The number of benzene rings is 2. The van der Waals surface area contributed by atoms with Gasteiger partial charge < -0.3 is 19.1 Å². The molecule has 3 aromatic rings. The Morgan fingerprint density at radius 3 is 2.54 bits per heavy atom. The molecular weight excluding hydrogens is 357 g/mol. The van der Waals surface area contributed by atoms with Crippen molar-refractivity contribution in [1.82, 2.24) is 4.57 Å². The van der Waals surface area contributed by atoms with E-state index in [1.807, 2.05) is 25.1 Å². The minimum Gasteiger partial charge on any atom is -0.492 e. The van der Waals surface area contributed by atoms with Crippen LogP contribution < -0.4 is 0 Å². The lowest BCUT2D eigenvalue weighted by Gasteiger charge is -2.20. The van der Waals surface area contributed by atoms with Gasteiger partial charge in [0.1, 0.15) is 25.3 Å². The number of halogens is 1. The fourth-order valence-corrected chi connectivity index (χ4v) is 3.57. The lowest BCUT2D eigenvalue weighted by Crippen LogP contribution is -2.11. The van der Waals surface area contributed by atoms with Crippen LogP contribution in [0.4, 0.5) is 4.39 Å². The number of fused-ring (bicyclic) bond motifs is 1. The van der Waals surface area contributed by atoms with Crippen LogP contribution in [0.1, 0.15) is 33.6 Å². The molecule has 1 aliphatic rings. The van der Waals surface area contributed by atoms with Gasteiger partial charge in [0, 0.05) is 23.4 Å². The summed E-state index contributed by atoms with van der Waals surface area (Å²) in [6, 6.07) is 16.4. The highest BCUT2D eigenvalue weighted by atomic mass is 19.1. The average molecular weight is 379 g/mol. The molecule has 0 spiro atoms. The maximum Gasteiger partial charge on any atom is 0.178 e. The van der Waals surface area contributed by atoms with Crippen molar-refractivity contribution in [2.75, 3.05) is 0 Å². The molecule has 0 radical (unpaired) electrons. The lowest BCUT2D eigenvalue weighted by molar-refractivity contribution is 0.192. The van der Waals surface area contributed by atoms with Crippen molar-refractivity contribution in [1.29, 1.82) is 0 Å². The van der Waals surface area contributed by atoms with Crippen LogP contribution in [0.3, 0.4) is 0 Å². The second-order valence-corrected chi connectivity index (χ2v) is 6.83. The molecule has 144 valence electrons.